The summed E-state index contributed by atoms with van der Waals surface area (Å²) in [6, 6.07) is 4.11. The van der Waals surface area contributed by atoms with Crippen LogP contribution in [0.1, 0.15) is 43.2 Å². The van der Waals surface area contributed by atoms with Gasteiger partial charge in [0.2, 0.25) is 0 Å². The van der Waals surface area contributed by atoms with Crippen molar-refractivity contribution in [1.82, 2.24) is 4.90 Å². The van der Waals surface area contributed by atoms with Crippen LogP contribution in [0, 0.1) is 5.92 Å². The topological polar surface area (TPSA) is 48.0 Å². The molecule has 1 aromatic carbocycles. The lowest BCUT2D eigenvalue weighted by atomic mass is 9.84. The molecule has 25 heavy (non-hydrogen) atoms. The molecule has 2 fully saturated rings. The van der Waals surface area contributed by atoms with Crippen molar-refractivity contribution in [1.29, 1.82) is 0 Å². The Labute approximate surface area is 153 Å². The first kappa shape index (κ1) is 17.1. The van der Waals surface area contributed by atoms with E-state index in [1.807, 2.05) is 12.1 Å². The van der Waals surface area contributed by atoms with Gasteiger partial charge in [-0.15, -0.1) is 0 Å². The lowest BCUT2D eigenvalue weighted by Gasteiger charge is -2.34. The van der Waals surface area contributed by atoms with E-state index >= 15 is 0 Å². The highest BCUT2D eigenvalue weighted by Crippen LogP contribution is 2.42. The molecule has 1 aromatic rings. The average molecular weight is 366 g/mol. The second kappa shape index (κ2) is 7.14. The number of benzene rings is 1. The minimum atomic E-state index is -0.174. The fraction of sp³-hybridized carbons (Fsp3) is 0.632. The largest absolute Gasteiger partial charge is 0.468 e. The monoisotopic (exact) mass is 365 g/mol. The van der Waals surface area contributed by atoms with Crippen LogP contribution in [0.4, 0.5) is 0 Å². The fourth-order valence-electron chi connectivity index (χ4n) is 4.72. The molecule has 0 amide bonds. The molecular weight excluding hydrogens is 342 g/mol. The molecule has 5 nitrogen and oxygen atoms in total. The van der Waals surface area contributed by atoms with Gasteiger partial charge in [-0.1, -0.05) is 24.4 Å². The second-order valence-electron chi connectivity index (χ2n) is 7.22. The van der Waals surface area contributed by atoms with Crippen molar-refractivity contribution in [3.05, 3.63) is 28.3 Å². The number of ether oxygens (including phenoxy) is 3. The van der Waals surface area contributed by atoms with Crippen LogP contribution < -0.4 is 4.74 Å². The van der Waals surface area contributed by atoms with Crippen molar-refractivity contribution in [2.24, 2.45) is 5.92 Å². The third-order valence-electron chi connectivity index (χ3n) is 5.80. The summed E-state index contributed by atoms with van der Waals surface area (Å²) < 4.78 is 16.2. The molecule has 136 valence electrons. The summed E-state index contributed by atoms with van der Waals surface area (Å²) >= 11 is 6.31. The lowest BCUT2D eigenvalue weighted by molar-refractivity contribution is -0.146. The standard InChI is InChI=1S/C19H24ClNO4/c1-23-19(22)17-8-12-4-2-3-5-16(12)21(17)9-13-6-15(20)7-14-10-24-11-25-18(13)14/h6-7,12,16-17H,2-5,8-11H2,1H3. The molecule has 0 N–H and O–H groups in total. The highest BCUT2D eigenvalue weighted by molar-refractivity contribution is 6.30. The van der Waals surface area contributed by atoms with Crippen LogP contribution in [0.3, 0.4) is 0 Å². The SMILES string of the molecule is COC(=O)C1CC2CCCCC2N1Cc1cc(Cl)cc2c1OCOC2. The third-order valence-corrected chi connectivity index (χ3v) is 6.02. The van der Waals surface area contributed by atoms with Gasteiger partial charge in [0, 0.05) is 28.7 Å². The zero-order valence-electron chi connectivity index (χ0n) is 14.5. The van der Waals surface area contributed by atoms with E-state index in [2.05, 4.69) is 4.90 Å². The zero-order chi connectivity index (χ0) is 17.4. The quantitative estimate of drug-likeness (QED) is 0.767. The Bertz CT molecular complexity index is 665. The molecule has 2 aliphatic heterocycles. The summed E-state index contributed by atoms with van der Waals surface area (Å²) in [5.41, 5.74) is 2.01. The Morgan fingerprint density at radius 1 is 1.36 bits per heavy atom. The van der Waals surface area contributed by atoms with E-state index in [1.54, 1.807) is 0 Å². The Morgan fingerprint density at radius 3 is 3.04 bits per heavy atom. The highest BCUT2D eigenvalue weighted by Gasteiger charge is 2.45. The maximum Gasteiger partial charge on any atom is 0.323 e. The average Bonchev–Trinajstić information content (AvgIpc) is 2.99. The molecule has 0 aromatic heterocycles. The number of halogens is 1. The van der Waals surface area contributed by atoms with Crippen molar-refractivity contribution < 1.29 is 19.0 Å². The van der Waals surface area contributed by atoms with Gasteiger partial charge in [-0.2, -0.15) is 0 Å². The lowest BCUT2D eigenvalue weighted by Crippen LogP contribution is -2.42. The van der Waals surface area contributed by atoms with Crippen molar-refractivity contribution >= 4 is 17.6 Å². The predicted octanol–water partition coefficient (Wildman–Crippen LogP) is 3.51. The van der Waals surface area contributed by atoms with Crippen LogP contribution in [0.5, 0.6) is 5.75 Å². The molecule has 0 bridgehead atoms. The van der Waals surface area contributed by atoms with Crippen molar-refractivity contribution in [2.45, 2.75) is 57.3 Å². The highest BCUT2D eigenvalue weighted by atomic mass is 35.5. The number of esters is 1. The van der Waals surface area contributed by atoms with E-state index in [9.17, 15) is 4.79 Å². The number of rotatable bonds is 3. The molecule has 2 heterocycles. The molecule has 3 aliphatic rings. The Kier molecular flexibility index (Phi) is 4.89. The first-order valence-electron chi connectivity index (χ1n) is 9.03. The number of carbonyl (C=O) groups excluding carboxylic acids is 1. The molecule has 1 aliphatic carbocycles. The summed E-state index contributed by atoms with van der Waals surface area (Å²) in [6.45, 7) is 1.42. The van der Waals surface area contributed by atoms with Crippen molar-refractivity contribution in [3.63, 3.8) is 0 Å². The second-order valence-corrected chi connectivity index (χ2v) is 7.66. The van der Waals surface area contributed by atoms with Gasteiger partial charge in [0.05, 0.1) is 13.7 Å². The predicted molar refractivity (Wildman–Crippen MR) is 93.4 cm³/mol. The number of likely N-dealkylation sites (tertiary alicyclic amines) is 1. The van der Waals surface area contributed by atoms with Crippen LogP contribution in [-0.2, 0) is 27.4 Å². The number of nitrogens with zero attached hydrogens (tertiary/aromatic N) is 1. The molecule has 4 rings (SSSR count). The number of hydrogen-bond acceptors (Lipinski definition) is 5. The van der Waals surface area contributed by atoms with E-state index in [-0.39, 0.29) is 18.8 Å². The Morgan fingerprint density at radius 2 is 2.20 bits per heavy atom. The van der Waals surface area contributed by atoms with Gasteiger partial charge in [-0.05, 0) is 37.3 Å². The van der Waals surface area contributed by atoms with Crippen LogP contribution in [-0.4, -0.2) is 36.9 Å². The van der Waals surface area contributed by atoms with Gasteiger partial charge in [0.25, 0.3) is 0 Å². The molecule has 0 spiro atoms. The van der Waals surface area contributed by atoms with Crippen LogP contribution in [0.25, 0.3) is 0 Å². The zero-order valence-corrected chi connectivity index (χ0v) is 15.3. The normalized spacial score (nSPS) is 28.8. The minimum absolute atomic E-state index is 0.130. The van der Waals surface area contributed by atoms with Crippen LogP contribution >= 0.6 is 11.6 Å². The maximum absolute atomic E-state index is 12.4. The number of methoxy groups -OCH3 is 1. The number of carbonyl (C=O) groups is 1. The summed E-state index contributed by atoms with van der Waals surface area (Å²) in [5.74, 6) is 1.31. The molecule has 3 unspecified atom stereocenters. The molecule has 1 saturated carbocycles. The molecule has 1 saturated heterocycles. The molecule has 6 heteroatoms. The van der Waals surface area contributed by atoms with E-state index in [1.165, 1.54) is 26.4 Å². The van der Waals surface area contributed by atoms with Crippen molar-refractivity contribution in [2.75, 3.05) is 13.9 Å². The van der Waals surface area contributed by atoms with E-state index in [0.29, 0.717) is 30.1 Å². The van der Waals surface area contributed by atoms with E-state index in [0.717, 1.165) is 29.7 Å². The molecule has 0 radical (unpaired) electrons. The Balaban J connectivity index is 1.65. The van der Waals surface area contributed by atoms with Gasteiger partial charge in [0.1, 0.15) is 11.8 Å². The van der Waals surface area contributed by atoms with Gasteiger partial charge in [-0.3, -0.25) is 9.69 Å². The molecule has 3 atom stereocenters. The van der Waals surface area contributed by atoms with Gasteiger partial charge < -0.3 is 14.2 Å². The summed E-state index contributed by atoms with van der Waals surface area (Å²) in [6.07, 6.45) is 5.72. The van der Waals surface area contributed by atoms with Gasteiger partial charge in [0.15, 0.2) is 6.79 Å². The smallest absolute Gasteiger partial charge is 0.323 e. The van der Waals surface area contributed by atoms with E-state index < -0.39 is 0 Å². The first-order chi connectivity index (χ1) is 12.2. The van der Waals surface area contributed by atoms with Crippen LogP contribution in [0.15, 0.2) is 12.1 Å². The van der Waals surface area contributed by atoms with Gasteiger partial charge >= 0.3 is 5.97 Å². The summed E-state index contributed by atoms with van der Waals surface area (Å²) in [7, 11) is 1.48. The number of fused-ring (bicyclic) bond motifs is 2. The third kappa shape index (κ3) is 3.25. The summed E-state index contributed by atoms with van der Waals surface area (Å²) in [4.78, 5) is 14.7. The minimum Gasteiger partial charge on any atom is -0.468 e. The Hall–Kier alpha value is -1.30. The molecular formula is C19H24ClNO4. The van der Waals surface area contributed by atoms with Gasteiger partial charge in [-0.25, -0.2) is 0 Å². The van der Waals surface area contributed by atoms with Crippen molar-refractivity contribution in [3.8, 4) is 5.75 Å². The number of hydrogen-bond donors (Lipinski definition) is 0. The maximum atomic E-state index is 12.4. The van der Waals surface area contributed by atoms with Crippen LogP contribution in [0.2, 0.25) is 5.02 Å². The van der Waals surface area contributed by atoms with E-state index in [4.69, 9.17) is 25.8 Å². The summed E-state index contributed by atoms with van der Waals surface area (Å²) in [5, 5.41) is 0.678. The fourth-order valence-corrected chi connectivity index (χ4v) is 4.98. The first-order valence-corrected chi connectivity index (χ1v) is 9.40.